The summed E-state index contributed by atoms with van der Waals surface area (Å²) >= 11 is 8.29. The van der Waals surface area contributed by atoms with Crippen LogP contribution in [0.4, 0.5) is 11.8 Å². The lowest BCUT2D eigenvalue weighted by Crippen LogP contribution is -2.37. The molecule has 2 bridgehead atoms. The van der Waals surface area contributed by atoms with Gasteiger partial charge in [-0.3, -0.25) is 37.0 Å². The number of aromatic amines is 1. The molecule has 8 unspecified atom stereocenters. The van der Waals surface area contributed by atoms with E-state index in [-0.39, 0.29) is 34.1 Å². The van der Waals surface area contributed by atoms with Crippen molar-refractivity contribution in [2.75, 3.05) is 31.8 Å². The molecule has 248 valence electrons. The van der Waals surface area contributed by atoms with Crippen molar-refractivity contribution in [3.05, 3.63) is 29.3 Å². The fourth-order valence-corrected chi connectivity index (χ4v) is 8.51. The van der Waals surface area contributed by atoms with E-state index in [1.54, 1.807) is 0 Å². The predicted octanol–water partition coefficient (Wildman–Crippen LogP) is 0.188. The zero-order valence-electron chi connectivity index (χ0n) is 23.4. The van der Waals surface area contributed by atoms with Crippen LogP contribution in [0.5, 0.6) is 0 Å². The molecule has 3 aliphatic rings. The summed E-state index contributed by atoms with van der Waals surface area (Å²) < 4.78 is 70.5. The van der Waals surface area contributed by atoms with Gasteiger partial charge in [-0.2, -0.15) is 4.98 Å². The fraction of sp³-hybridized carbons (Fsp3) is 0.524. The number of hydrogen-bond acceptors (Lipinski definition) is 18. The number of thiol groups is 2. The van der Waals surface area contributed by atoms with Crippen molar-refractivity contribution < 1.29 is 46.5 Å². The molecular weight excluding hydrogens is 694 g/mol. The Bertz CT molecular complexity index is 1960. The molecule has 4 aromatic rings. The van der Waals surface area contributed by atoms with Gasteiger partial charge in [0.15, 0.2) is 35.1 Å². The second-order valence-electron chi connectivity index (χ2n) is 10.3. The Morgan fingerprint density at radius 2 is 1.57 bits per heavy atom. The number of rotatable bonds is 3. The van der Waals surface area contributed by atoms with Crippen LogP contribution in [0.3, 0.4) is 0 Å². The molecule has 6 N–H and O–H groups in total. The number of fused-ring (bicyclic) bond motifs is 5. The van der Waals surface area contributed by atoms with Gasteiger partial charge in [-0.1, -0.05) is 24.5 Å². The summed E-state index contributed by atoms with van der Waals surface area (Å²) in [6.07, 6.45) is -6.08. The van der Waals surface area contributed by atoms with Crippen LogP contribution in [0.25, 0.3) is 22.3 Å². The molecule has 0 radical (unpaired) electrons. The predicted molar refractivity (Wildman–Crippen MR) is 162 cm³/mol. The number of hydrogen-bond donors (Lipinski definition) is 6. The maximum absolute atomic E-state index is 13.7. The van der Waals surface area contributed by atoms with Gasteiger partial charge in [0.2, 0.25) is 5.95 Å². The molecule has 21 nitrogen and oxygen atoms in total. The number of H-pyrrole nitrogens is 1. The van der Waals surface area contributed by atoms with Gasteiger partial charge in [-0.15, -0.1) is 0 Å². The van der Waals surface area contributed by atoms with E-state index in [0.717, 1.165) is 0 Å². The van der Waals surface area contributed by atoms with Crippen molar-refractivity contribution in [1.82, 2.24) is 39.0 Å². The van der Waals surface area contributed by atoms with Gasteiger partial charge in [0, 0.05) is 7.11 Å². The fourth-order valence-electron chi connectivity index (χ4n) is 5.57. The second kappa shape index (κ2) is 11.8. The number of nitrogen functional groups attached to an aromatic ring is 2. The largest absolute Gasteiger partial charge is 0.386 e. The summed E-state index contributed by atoms with van der Waals surface area (Å²) in [5, 5.41) is 11.3. The Hall–Kier alpha value is -2.66. The van der Waals surface area contributed by atoms with E-state index in [2.05, 4.69) is 54.4 Å². The van der Waals surface area contributed by atoms with E-state index in [1.165, 1.54) is 35.2 Å². The summed E-state index contributed by atoms with van der Waals surface area (Å²) in [6.45, 7) is -9.58. The zero-order valence-corrected chi connectivity index (χ0v) is 26.9. The summed E-state index contributed by atoms with van der Waals surface area (Å²) in [5.74, 6) is -0.0957. The summed E-state index contributed by atoms with van der Waals surface area (Å²) in [6, 6.07) is 0. The number of nitrogens with one attached hydrogen (secondary N) is 1. The molecule has 0 spiro atoms. The molecule has 0 aliphatic carbocycles. The molecule has 7 rings (SSSR count). The van der Waals surface area contributed by atoms with Gasteiger partial charge >= 0.3 is 13.6 Å². The van der Waals surface area contributed by atoms with Crippen LogP contribution in [0.15, 0.2) is 23.8 Å². The molecule has 10 atom stereocenters. The first-order valence-electron chi connectivity index (χ1n) is 13.3. The molecule has 0 aromatic carbocycles. The molecule has 3 fully saturated rings. The smallest absolute Gasteiger partial charge is 0.386 e. The average Bonchev–Trinajstić information content (AvgIpc) is 3.75. The minimum atomic E-state index is -4.31. The highest BCUT2D eigenvalue weighted by atomic mass is 32.7. The van der Waals surface area contributed by atoms with Crippen LogP contribution in [0.1, 0.15) is 12.5 Å². The maximum Gasteiger partial charge on any atom is 0.386 e. The Labute approximate surface area is 267 Å². The Morgan fingerprint density at radius 1 is 0.935 bits per heavy atom. The lowest BCUT2D eigenvalue weighted by atomic mass is 10.1. The van der Waals surface area contributed by atoms with E-state index in [9.17, 15) is 19.0 Å². The minimum Gasteiger partial charge on any atom is -0.386 e. The Kier molecular flexibility index (Phi) is 8.18. The van der Waals surface area contributed by atoms with E-state index < -0.39 is 81.4 Å². The maximum atomic E-state index is 13.7. The topological polar surface area (TPSA) is 278 Å². The third-order valence-corrected chi connectivity index (χ3v) is 10.8. The SMILES string of the molecule is COC1C2CO[P@](=O)(S)OC3C(CO[P@](=O)(S)OC1C(n1cnc4c(=O)[nH]c(N)nc41)O2)OC(n1cnc2c(N)ncnc21)C3O. The van der Waals surface area contributed by atoms with Gasteiger partial charge in [0.25, 0.3) is 5.56 Å². The van der Waals surface area contributed by atoms with Crippen molar-refractivity contribution in [2.45, 2.75) is 49.1 Å². The Balaban J connectivity index is 1.22. The quantitative estimate of drug-likeness (QED) is 0.122. The monoisotopic (exact) mass is 720 g/mol. The standard InChI is InChI=1S/C21H26N10O11P2S2/c1-36-13-8-3-38-43(34,45)41-12-7(39-19(11(12)32)30-5-26-9-15(22)24-4-25-16(9)30)2-37-44(35,46)42-14(13)20(40-8)31-6-27-10-17(31)28-21(23)29-18(10)33/h4-8,11-14,19-20,32H,2-3H2,1H3,(H,34,45)(H,35,46)(H2,22,24,25)(H3,23,28,29,33)/t7?,8?,11?,12?,13?,14?,19?,20?,43-,44-/m0/s1. The van der Waals surface area contributed by atoms with Crippen LogP contribution >= 0.6 is 38.1 Å². The zero-order chi connectivity index (χ0) is 32.5. The van der Waals surface area contributed by atoms with Crippen LogP contribution in [0, 0.1) is 0 Å². The number of methoxy groups -OCH3 is 1. The van der Waals surface area contributed by atoms with Crippen molar-refractivity contribution in [3.63, 3.8) is 0 Å². The lowest BCUT2D eigenvalue weighted by Gasteiger charge is -2.27. The molecule has 7 heterocycles. The molecule has 0 saturated carbocycles. The summed E-state index contributed by atoms with van der Waals surface area (Å²) in [7, 11) is 1.33. The average molecular weight is 721 g/mol. The first-order chi connectivity index (χ1) is 21.9. The van der Waals surface area contributed by atoms with E-state index in [0.29, 0.717) is 0 Å². The first-order valence-corrected chi connectivity index (χ1v) is 18.7. The van der Waals surface area contributed by atoms with Crippen molar-refractivity contribution in [1.29, 1.82) is 0 Å². The normalized spacial score (nSPS) is 37.1. The molecule has 0 amide bonds. The van der Waals surface area contributed by atoms with Crippen LogP contribution in [0.2, 0.25) is 0 Å². The third-order valence-electron chi connectivity index (χ3n) is 7.57. The molecule has 25 heteroatoms. The van der Waals surface area contributed by atoms with Crippen molar-refractivity contribution in [2.24, 2.45) is 0 Å². The van der Waals surface area contributed by atoms with Crippen LogP contribution in [-0.2, 0) is 41.4 Å². The number of aromatic nitrogens is 8. The number of aliphatic hydroxyl groups is 1. The second-order valence-corrected chi connectivity index (χ2v) is 16.1. The highest BCUT2D eigenvalue weighted by Crippen LogP contribution is 2.60. The first kappa shape index (κ1) is 31.9. The lowest BCUT2D eigenvalue weighted by molar-refractivity contribution is -0.0580. The van der Waals surface area contributed by atoms with Gasteiger partial charge in [-0.25, -0.2) is 29.1 Å². The number of ether oxygens (including phenoxy) is 3. The van der Waals surface area contributed by atoms with Crippen LogP contribution < -0.4 is 17.0 Å². The summed E-state index contributed by atoms with van der Waals surface area (Å²) in [5.41, 5.74) is 11.5. The van der Waals surface area contributed by atoms with Crippen molar-refractivity contribution >= 4 is 72.2 Å². The van der Waals surface area contributed by atoms with E-state index in [4.69, 9.17) is 43.8 Å². The van der Waals surface area contributed by atoms with Gasteiger partial charge < -0.3 is 30.8 Å². The molecule has 3 aliphatic heterocycles. The summed E-state index contributed by atoms with van der Waals surface area (Å²) in [4.78, 5) is 35.2. The Morgan fingerprint density at radius 3 is 2.28 bits per heavy atom. The molecule has 4 aromatic heterocycles. The number of anilines is 2. The number of imidazole rings is 2. The minimum absolute atomic E-state index is 0.0248. The van der Waals surface area contributed by atoms with E-state index >= 15 is 0 Å². The molecule has 3 saturated heterocycles. The molecule has 46 heavy (non-hydrogen) atoms. The highest BCUT2D eigenvalue weighted by Gasteiger charge is 2.53. The van der Waals surface area contributed by atoms with E-state index in [1.807, 2.05) is 0 Å². The third kappa shape index (κ3) is 5.63. The van der Waals surface area contributed by atoms with Gasteiger partial charge in [-0.05, 0) is 0 Å². The number of nitrogens with two attached hydrogens (primary N) is 2. The van der Waals surface area contributed by atoms with Gasteiger partial charge in [0.05, 0.1) is 25.9 Å². The van der Waals surface area contributed by atoms with Crippen LogP contribution in [-0.4, -0.2) is 101 Å². The number of aliphatic hydroxyl groups excluding tert-OH is 1. The van der Waals surface area contributed by atoms with Gasteiger partial charge in [0.1, 0.15) is 48.5 Å². The van der Waals surface area contributed by atoms with Crippen molar-refractivity contribution in [3.8, 4) is 0 Å². The highest BCUT2D eigenvalue weighted by molar-refractivity contribution is 8.44. The number of nitrogens with zero attached hydrogens (tertiary/aromatic N) is 7. The molecular formula is C21H26N10O11P2S2.